The average molecular weight is 788 g/mol. The van der Waals surface area contributed by atoms with Crippen LogP contribution in [0.1, 0.15) is 28.7 Å². The lowest BCUT2D eigenvalue weighted by molar-refractivity contribution is 0.102. The molecule has 0 saturated carbocycles. The van der Waals surface area contributed by atoms with Crippen LogP contribution in [0.3, 0.4) is 0 Å². The molecule has 1 amide bonds. The zero-order valence-corrected chi connectivity index (χ0v) is 33.3. The highest BCUT2D eigenvalue weighted by Crippen LogP contribution is 2.47. The van der Waals surface area contributed by atoms with Gasteiger partial charge >= 0.3 is 0 Å². The normalized spacial score (nSPS) is 15.7. The van der Waals surface area contributed by atoms with E-state index in [0.717, 1.165) is 89.1 Å². The number of nitrogen functional groups attached to an aromatic ring is 1. The van der Waals surface area contributed by atoms with Crippen LogP contribution in [0, 0.1) is 0 Å². The minimum absolute atomic E-state index is 0.302. The summed E-state index contributed by atoms with van der Waals surface area (Å²) in [7, 11) is 5.19. The van der Waals surface area contributed by atoms with Crippen molar-refractivity contribution < 1.29 is 14.3 Å². The first-order chi connectivity index (χ1) is 26.7. The monoisotopic (exact) mass is 786 g/mol. The molecule has 2 saturated heterocycles. The Morgan fingerprint density at radius 2 is 1.31 bits per heavy atom. The quantitative estimate of drug-likeness (QED) is 0.177. The second-order valence-electron chi connectivity index (χ2n) is 13.6. The van der Waals surface area contributed by atoms with E-state index < -0.39 is 0 Å². The fraction of sp³-hybridized carbons (Fsp3) is 0.375. The second kappa shape index (κ2) is 18.8. The summed E-state index contributed by atoms with van der Waals surface area (Å²) in [6.45, 7) is 13.7. The molecule has 2 fully saturated rings. The molecular weight excluding hydrogens is 739 g/mol. The smallest absolute Gasteiger partial charge is 0.257 e. The van der Waals surface area contributed by atoms with Gasteiger partial charge < -0.3 is 30.3 Å². The predicted molar refractivity (Wildman–Crippen MR) is 219 cm³/mol. The van der Waals surface area contributed by atoms with Crippen molar-refractivity contribution in [1.82, 2.24) is 39.5 Å². The second-order valence-corrected chi connectivity index (χ2v) is 14.3. The third kappa shape index (κ3) is 9.98. The number of nitrogens with zero attached hydrogens (tertiary/aromatic N) is 8. The van der Waals surface area contributed by atoms with E-state index in [1.165, 1.54) is 20.4 Å². The molecule has 0 bridgehead atoms. The Hall–Kier alpha value is -4.63. The number of hydrogen-bond acceptors (Lipinski definition) is 12. The first kappa shape index (κ1) is 40.0. The summed E-state index contributed by atoms with van der Waals surface area (Å²) in [5.74, 6) is 0.467. The number of methoxy groups -OCH3 is 2. The van der Waals surface area contributed by atoms with E-state index in [1.54, 1.807) is 36.8 Å². The standard InChI is InChI=1S/C29H30Cl2N6O3.C11H18N4/c1-4-36-11-13-37(14-12-36)17-19-6-5-18(16-34-19)35-29(38)21-8-7-20(27-28(21)33-10-9-32-27)24-25(30)22(39-2)15-23(40-3)26(24)31;1-14-4-6-15(7-5-14)9-11-3-2-10(12)8-13-11/h5-10,15-16H,4,11-14,17H2,1-3H3,(H,35,38);2-3,8H,4-7,9,12H2,1H3. The Labute approximate surface area is 332 Å². The summed E-state index contributed by atoms with van der Waals surface area (Å²) in [5.41, 5.74) is 11.3. The molecule has 3 N–H and O–H groups in total. The number of benzene rings is 2. The zero-order valence-electron chi connectivity index (χ0n) is 31.8. The number of likely N-dealkylation sites (N-methyl/N-ethyl adjacent to an activating group) is 2. The van der Waals surface area contributed by atoms with Crippen LogP contribution >= 0.6 is 23.2 Å². The molecule has 0 radical (unpaired) electrons. The summed E-state index contributed by atoms with van der Waals surface area (Å²) in [6, 6.07) is 12.8. The van der Waals surface area contributed by atoms with Gasteiger partial charge in [0.25, 0.3) is 5.91 Å². The lowest BCUT2D eigenvalue weighted by atomic mass is 9.99. The molecule has 5 heterocycles. The van der Waals surface area contributed by atoms with E-state index in [4.69, 9.17) is 38.4 Å². The van der Waals surface area contributed by atoms with Gasteiger partial charge in [0.05, 0.1) is 70.5 Å². The third-order valence-corrected chi connectivity index (χ3v) is 10.7. The molecule has 3 aromatic heterocycles. The number of nitrogens with two attached hydrogens (primary N) is 1. The lowest BCUT2D eigenvalue weighted by Gasteiger charge is -2.33. The lowest BCUT2D eigenvalue weighted by Crippen LogP contribution is -2.45. The summed E-state index contributed by atoms with van der Waals surface area (Å²) >= 11 is 13.3. The SMILES string of the molecule is CCN1CCN(Cc2ccc(NC(=O)c3ccc(-c4c(Cl)c(OC)cc(OC)c4Cl)c4nccnc34)cn2)CC1.CN1CCN(Cc2ccc(N)cn2)CC1. The molecule has 2 aliphatic heterocycles. The topological polar surface area (TPSA) is 138 Å². The molecule has 13 nitrogen and oxygen atoms in total. The van der Waals surface area contributed by atoms with Crippen molar-refractivity contribution in [1.29, 1.82) is 0 Å². The van der Waals surface area contributed by atoms with Crippen LogP contribution in [0.15, 0.2) is 67.3 Å². The highest BCUT2D eigenvalue weighted by Gasteiger charge is 2.24. The van der Waals surface area contributed by atoms with Crippen LogP contribution in [-0.4, -0.2) is 126 Å². The van der Waals surface area contributed by atoms with Gasteiger partial charge in [-0.2, -0.15) is 0 Å². The number of anilines is 2. The van der Waals surface area contributed by atoms with Crippen molar-refractivity contribution in [3.63, 3.8) is 0 Å². The van der Waals surface area contributed by atoms with E-state index in [1.807, 2.05) is 24.3 Å². The molecule has 0 spiro atoms. The summed E-state index contributed by atoms with van der Waals surface area (Å²) in [4.78, 5) is 40.9. The van der Waals surface area contributed by atoms with Crippen LogP contribution < -0.4 is 20.5 Å². The number of nitrogens with one attached hydrogen (secondary N) is 1. The van der Waals surface area contributed by atoms with Crippen molar-refractivity contribution in [2.45, 2.75) is 20.0 Å². The molecule has 2 aromatic carbocycles. The maximum atomic E-state index is 13.4. The minimum Gasteiger partial charge on any atom is -0.495 e. The van der Waals surface area contributed by atoms with Crippen molar-refractivity contribution in [2.24, 2.45) is 0 Å². The number of aromatic nitrogens is 4. The highest BCUT2D eigenvalue weighted by atomic mass is 35.5. The molecular formula is C40H48Cl2N10O3. The van der Waals surface area contributed by atoms with Gasteiger partial charge in [-0.05, 0) is 43.9 Å². The molecule has 0 unspecified atom stereocenters. The molecule has 7 rings (SSSR count). The number of piperazine rings is 2. The first-order valence-corrected chi connectivity index (χ1v) is 19.1. The van der Waals surface area contributed by atoms with E-state index in [9.17, 15) is 4.79 Å². The number of ether oxygens (including phenoxy) is 2. The largest absolute Gasteiger partial charge is 0.495 e. The van der Waals surface area contributed by atoms with Gasteiger partial charge in [0.15, 0.2) is 0 Å². The Morgan fingerprint density at radius 1 is 0.745 bits per heavy atom. The highest BCUT2D eigenvalue weighted by molar-refractivity contribution is 6.41. The van der Waals surface area contributed by atoms with Gasteiger partial charge in [-0.15, -0.1) is 0 Å². The number of pyridine rings is 2. The third-order valence-electron chi connectivity index (χ3n) is 9.92. The Balaban J connectivity index is 0.000000286. The molecule has 0 atom stereocenters. The number of fused-ring (bicyclic) bond motifs is 1. The number of amides is 1. The molecule has 290 valence electrons. The van der Waals surface area contributed by atoms with Crippen LogP contribution in [-0.2, 0) is 13.1 Å². The van der Waals surface area contributed by atoms with Crippen LogP contribution in [0.4, 0.5) is 11.4 Å². The van der Waals surface area contributed by atoms with E-state index in [2.05, 4.69) is 58.8 Å². The number of hydrogen-bond donors (Lipinski definition) is 2. The number of carbonyl (C=O) groups is 1. The molecule has 2 aliphatic rings. The Bertz CT molecular complexity index is 2030. The van der Waals surface area contributed by atoms with Gasteiger partial charge in [0.2, 0.25) is 0 Å². The summed E-state index contributed by atoms with van der Waals surface area (Å²) < 4.78 is 10.8. The number of carbonyl (C=O) groups excluding carboxylic acids is 1. The molecule has 0 aliphatic carbocycles. The van der Waals surface area contributed by atoms with Crippen molar-refractivity contribution in [3.05, 3.63) is 94.2 Å². The maximum absolute atomic E-state index is 13.4. The number of rotatable bonds is 10. The average Bonchev–Trinajstić information content (AvgIpc) is 3.21. The van der Waals surface area contributed by atoms with Gasteiger partial charge in [0, 0.05) is 95.0 Å². The van der Waals surface area contributed by atoms with Gasteiger partial charge in [-0.1, -0.05) is 36.2 Å². The Kier molecular flexibility index (Phi) is 13.7. The van der Waals surface area contributed by atoms with Crippen molar-refractivity contribution >= 4 is 51.5 Å². The molecule has 15 heteroatoms. The Morgan fingerprint density at radius 3 is 1.85 bits per heavy atom. The minimum atomic E-state index is -0.331. The van der Waals surface area contributed by atoms with E-state index >= 15 is 0 Å². The fourth-order valence-corrected chi connectivity index (χ4v) is 7.32. The van der Waals surface area contributed by atoms with Crippen LogP contribution in [0.5, 0.6) is 11.5 Å². The van der Waals surface area contributed by atoms with Gasteiger partial charge in [-0.3, -0.25) is 34.5 Å². The fourth-order valence-electron chi connectivity index (χ4n) is 6.61. The molecule has 55 heavy (non-hydrogen) atoms. The van der Waals surface area contributed by atoms with Crippen LogP contribution in [0.2, 0.25) is 10.0 Å². The first-order valence-electron chi connectivity index (χ1n) is 18.3. The number of halogens is 2. The predicted octanol–water partition coefficient (Wildman–Crippen LogP) is 5.82. The van der Waals surface area contributed by atoms with Gasteiger partial charge in [-0.25, -0.2) is 0 Å². The molecule has 5 aromatic rings. The zero-order chi connectivity index (χ0) is 38.9. The van der Waals surface area contributed by atoms with E-state index in [-0.39, 0.29) is 5.91 Å². The maximum Gasteiger partial charge on any atom is 0.257 e. The van der Waals surface area contributed by atoms with E-state index in [0.29, 0.717) is 55.0 Å². The van der Waals surface area contributed by atoms with Crippen LogP contribution in [0.25, 0.3) is 22.2 Å². The van der Waals surface area contributed by atoms with Crippen molar-refractivity contribution in [2.75, 3.05) is 91.2 Å². The summed E-state index contributed by atoms with van der Waals surface area (Å²) in [6.07, 6.45) is 6.50. The summed E-state index contributed by atoms with van der Waals surface area (Å²) in [5, 5.41) is 3.53. The van der Waals surface area contributed by atoms with Gasteiger partial charge in [0.1, 0.15) is 17.0 Å². The van der Waals surface area contributed by atoms with Crippen molar-refractivity contribution in [3.8, 4) is 22.6 Å².